The third-order valence-electron chi connectivity index (χ3n) is 5.43. The van der Waals surface area contributed by atoms with Crippen molar-refractivity contribution in [1.82, 2.24) is 4.98 Å². The number of hydrogen-bond acceptors (Lipinski definition) is 4. The number of aryl methyl sites for hydroxylation is 1. The van der Waals surface area contributed by atoms with E-state index >= 15 is 0 Å². The van der Waals surface area contributed by atoms with E-state index in [1.807, 2.05) is 43.3 Å². The van der Waals surface area contributed by atoms with Gasteiger partial charge in [-0.25, -0.2) is 4.98 Å². The zero-order chi connectivity index (χ0) is 19.0. The van der Waals surface area contributed by atoms with Gasteiger partial charge < -0.3 is 10.1 Å². The van der Waals surface area contributed by atoms with Crippen LogP contribution in [0.1, 0.15) is 36.8 Å². The van der Waals surface area contributed by atoms with Gasteiger partial charge in [-0.3, -0.25) is 4.79 Å². The van der Waals surface area contributed by atoms with Gasteiger partial charge in [0.2, 0.25) is 5.91 Å². The van der Waals surface area contributed by atoms with E-state index in [1.165, 1.54) is 11.3 Å². The molecule has 1 aromatic heterocycles. The third kappa shape index (κ3) is 3.19. The lowest BCUT2D eigenvalue weighted by Gasteiger charge is -2.27. The molecule has 1 amide bonds. The average molecular weight is 401 g/mol. The molecule has 0 saturated heterocycles. The van der Waals surface area contributed by atoms with Crippen molar-refractivity contribution in [2.24, 2.45) is 0 Å². The Bertz CT molecular complexity index is 991. The molecule has 1 heterocycles. The molecule has 0 atom stereocenters. The van der Waals surface area contributed by atoms with Crippen molar-refractivity contribution < 1.29 is 9.53 Å². The lowest BCUT2D eigenvalue weighted by Crippen LogP contribution is -2.37. The normalized spacial score (nSPS) is 15.8. The summed E-state index contributed by atoms with van der Waals surface area (Å²) in [5, 5.41) is 4.38. The number of anilines is 1. The van der Waals surface area contributed by atoms with Gasteiger partial charge in [-0.2, -0.15) is 0 Å². The van der Waals surface area contributed by atoms with E-state index in [4.69, 9.17) is 16.3 Å². The number of ether oxygens (including phenoxy) is 1. The highest BCUT2D eigenvalue weighted by atomic mass is 35.5. The minimum Gasteiger partial charge on any atom is -0.494 e. The molecular formula is C21H21ClN2O2S. The molecule has 0 aliphatic heterocycles. The summed E-state index contributed by atoms with van der Waals surface area (Å²) >= 11 is 7.53. The minimum absolute atomic E-state index is 0.0120. The summed E-state index contributed by atoms with van der Waals surface area (Å²) in [5.41, 5.74) is 2.43. The number of methoxy groups -OCH3 is 1. The van der Waals surface area contributed by atoms with Crippen LogP contribution >= 0.6 is 22.9 Å². The monoisotopic (exact) mass is 400 g/mol. The molecule has 1 saturated carbocycles. The summed E-state index contributed by atoms with van der Waals surface area (Å²) in [6, 6.07) is 11.6. The maximum atomic E-state index is 13.3. The molecule has 140 valence electrons. The number of aromatic nitrogens is 1. The summed E-state index contributed by atoms with van der Waals surface area (Å²) < 4.78 is 6.46. The van der Waals surface area contributed by atoms with Crippen LogP contribution in [-0.2, 0) is 10.2 Å². The average Bonchev–Trinajstić information content (AvgIpc) is 3.31. The summed E-state index contributed by atoms with van der Waals surface area (Å²) in [7, 11) is 1.63. The van der Waals surface area contributed by atoms with Gasteiger partial charge in [-0.15, -0.1) is 0 Å². The zero-order valence-corrected chi connectivity index (χ0v) is 16.9. The summed E-state index contributed by atoms with van der Waals surface area (Å²) in [6.07, 6.45) is 3.77. The van der Waals surface area contributed by atoms with Gasteiger partial charge in [-0.1, -0.05) is 54.0 Å². The molecule has 1 fully saturated rings. The van der Waals surface area contributed by atoms with Crippen molar-refractivity contribution in [3.8, 4) is 5.75 Å². The van der Waals surface area contributed by atoms with Gasteiger partial charge in [0.05, 0.1) is 17.2 Å². The molecule has 3 aromatic rings. The lowest BCUT2D eigenvalue weighted by atomic mass is 9.78. The Kier molecular flexibility index (Phi) is 4.82. The van der Waals surface area contributed by atoms with Crippen LogP contribution in [0.4, 0.5) is 5.13 Å². The first-order chi connectivity index (χ1) is 13.0. The Hall–Kier alpha value is -2.11. The topological polar surface area (TPSA) is 51.2 Å². The van der Waals surface area contributed by atoms with Crippen LogP contribution in [0.3, 0.4) is 0 Å². The summed E-state index contributed by atoms with van der Waals surface area (Å²) in [4.78, 5) is 18.0. The predicted molar refractivity (Wildman–Crippen MR) is 111 cm³/mol. The number of nitrogens with one attached hydrogen (secondary N) is 1. The Balaban J connectivity index is 1.69. The number of carbonyl (C=O) groups excluding carboxylic acids is 1. The van der Waals surface area contributed by atoms with E-state index in [2.05, 4.69) is 10.3 Å². The quantitative estimate of drug-likeness (QED) is 0.609. The van der Waals surface area contributed by atoms with Gasteiger partial charge in [0.1, 0.15) is 11.3 Å². The Labute approximate surface area is 167 Å². The van der Waals surface area contributed by atoms with Crippen LogP contribution in [0, 0.1) is 6.92 Å². The number of thiazole rings is 1. The largest absolute Gasteiger partial charge is 0.494 e. The molecule has 27 heavy (non-hydrogen) atoms. The second-order valence-corrected chi connectivity index (χ2v) is 8.47. The number of amides is 1. The highest BCUT2D eigenvalue weighted by Crippen LogP contribution is 2.43. The first-order valence-electron chi connectivity index (χ1n) is 9.05. The maximum Gasteiger partial charge on any atom is 0.236 e. The van der Waals surface area contributed by atoms with E-state index in [0.717, 1.165) is 52.8 Å². The second kappa shape index (κ2) is 7.13. The Morgan fingerprint density at radius 1 is 1.19 bits per heavy atom. The number of rotatable bonds is 4. The standard InChI is InChI=1S/C21H21ClN2O2S/c1-13-5-10-16(26-2)17-18(13)27-20(23-17)24-19(25)21(11-3-4-12-21)14-6-8-15(22)9-7-14/h5-10H,3-4,11-12H2,1-2H3,(H,23,24,25). The molecule has 0 spiro atoms. The fourth-order valence-corrected chi connectivity index (χ4v) is 5.01. The van der Waals surface area contributed by atoms with Crippen molar-refractivity contribution in [1.29, 1.82) is 0 Å². The van der Waals surface area contributed by atoms with Crippen molar-refractivity contribution in [3.05, 3.63) is 52.5 Å². The van der Waals surface area contributed by atoms with Gasteiger partial charge >= 0.3 is 0 Å². The van der Waals surface area contributed by atoms with Crippen LogP contribution in [0.5, 0.6) is 5.75 Å². The van der Waals surface area contributed by atoms with E-state index in [9.17, 15) is 4.79 Å². The number of halogens is 1. The number of fused-ring (bicyclic) bond motifs is 1. The summed E-state index contributed by atoms with van der Waals surface area (Å²) in [5.74, 6) is 0.735. The van der Waals surface area contributed by atoms with E-state index in [1.54, 1.807) is 7.11 Å². The molecule has 1 aliphatic rings. The van der Waals surface area contributed by atoms with Crippen LogP contribution in [0.2, 0.25) is 5.02 Å². The van der Waals surface area contributed by atoms with E-state index in [-0.39, 0.29) is 5.91 Å². The number of benzene rings is 2. The number of hydrogen-bond donors (Lipinski definition) is 1. The van der Waals surface area contributed by atoms with Crippen molar-refractivity contribution >= 4 is 44.2 Å². The van der Waals surface area contributed by atoms with Gasteiger partial charge in [-0.05, 0) is 49.1 Å². The van der Waals surface area contributed by atoms with E-state index in [0.29, 0.717) is 10.2 Å². The van der Waals surface area contributed by atoms with Gasteiger partial charge in [0.15, 0.2) is 5.13 Å². The SMILES string of the molecule is COc1ccc(C)c2sc(NC(=O)C3(c4ccc(Cl)cc4)CCCC3)nc12. The molecule has 0 unspecified atom stereocenters. The second-order valence-electron chi connectivity index (χ2n) is 7.03. The molecule has 0 radical (unpaired) electrons. The maximum absolute atomic E-state index is 13.3. The smallest absolute Gasteiger partial charge is 0.236 e. The molecular weight excluding hydrogens is 380 g/mol. The van der Waals surface area contributed by atoms with Crippen LogP contribution in [0.25, 0.3) is 10.2 Å². The fraction of sp³-hybridized carbons (Fsp3) is 0.333. The Morgan fingerprint density at radius 2 is 1.89 bits per heavy atom. The molecule has 1 N–H and O–H groups in total. The van der Waals surface area contributed by atoms with Crippen LogP contribution in [0.15, 0.2) is 36.4 Å². The van der Waals surface area contributed by atoms with Crippen molar-refractivity contribution in [2.45, 2.75) is 38.0 Å². The van der Waals surface area contributed by atoms with Crippen molar-refractivity contribution in [3.63, 3.8) is 0 Å². The van der Waals surface area contributed by atoms with Gasteiger partial charge in [0.25, 0.3) is 0 Å². The minimum atomic E-state index is -0.512. The highest BCUT2D eigenvalue weighted by Gasteiger charge is 2.43. The van der Waals surface area contributed by atoms with Gasteiger partial charge in [0, 0.05) is 5.02 Å². The van der Waals surface area contributed by atoms with E-state index < -0.39 is 5.41 Å². The number of carbonyl (C=O) groups is 1. The van der Waals surface area contributed by atoms with Crippen LogP contribution < -0.4 is 10.1 Å². The molecule has 1 aliphatic carbocycles. The van der Waals surface area contributed by atoms with Crippen molar-refractivity contribution in [2.75, 3.05) is 12.4 Å². The molecule has 4 rings (SSSR count). The number of nitrogens with zero attached hydrogens (tertiary/aromatic N) is 1. The first-order valence-corrected chi connectivity index (χ1v) is 10.2. The first kappa shape index (κ1) is 18.3. The highest BCUT2D eigenvalue weighted by molar-refractivity contribution is 7.22. The van der Waals surface area contributed by atoms with Crippen LogP contribution in [-0.4, -0.2) is 18.0 Å². The lowest BCUT2D eigenvalue weighted by molar-refractivity contribution is -0.121. The Morgan fingerprint density at radius 3 is 2.56 bits per heavy atom. The molecule has 0 bridgehead atoms. The zero-order valence-electron chi connectivity index (χ0n) is 15.3. The third-order valence-corrected chi connectivity index (χ3v) is 6.79. The fourth-order valence-electron chi connectivity index (χ4n) is 3.94. The molecule has 4 nitrogen and oxygen atoms in total. The predicted octanol–water partition coefficient (Wildman–Crippen LogP) is 5.72. The molecule has 6 heteroatoms. The summed E-state index contributed by atoms with van der Waals surface area (Å²) in [6.45, 7) is 2.04. The molecule has 2 aromatic carbocycles.